The lowest BCUT2D eigenvalue weighted by atomic mass is 10.0. The van der Waals surface area contributed by atoms with Crippen molar-refractivity contribution in [3.63, 3.8) is 0 Å². The van der Waals surface area contributed by atoms with Gasteiger partial charge in [-0.05, 0) is 25.3 Å². The molecule has 1 saturated carbocycles. The number of H-pyrrole nitrogens is 1. The van der Waals surface area contributed by atoms with Gasteiger partial charge >= 0.3 is 0 Å². The van der Waals surface area contributed by atoms with Crippen LogP contribution in [0.1, 0.15) is 39.0 Å². The van der Waals surface area contributed by atoms with Crippen molar-refractivity contribution in [1.29, 1.82) is 0 Å². The molecular weight excluding hydrogens is 330 g/mol. The number of anilines is 2. The highest BCUT2D eigenvalue weighted by atomic mass is 16.2. The number of carbonyl (C=O) groups excluding carboxylic acids is 1. The molecule has 1 atom stereocenters. The van der Waals surface area contributed by atoms with Gasteiger partial charge in [0.1, 0.15) is 11.7 Å². The number of amides is 1. The van der Waals surface area contributed by atoms with Crippen molar-refractivity contribution in [2.75, 3.05) is 16.8 Å². The molecule has 2 aromatic heterocycles. The molecule has 1 fully saturated rings. The van der Waals surface area contributed by atoms with Gasteiger partial charge in [0.15, 0.2) is 11.6 Å². The van der Waals surface area contributed by atoms with Crippen molar-refractivity contribution in [3.05, 3.63) is 34.9 Å². The number of aromatic nitrogens is 3. The van der Waals surface area contributed by atoms with Gasteiger partial charge < -0.3 is 14.8 Å². The summed E-state index contributed by atoms with van der Waals surface area (Å²) >= 11 is 0. The molecule has 0 unspecified atom stereocenters. The van der Waals surface area contributed by atoms with E-state index in [1.807, 2.05) is 6.92 Å². The standard InChI is InChI=1S/C19H23N5O2/c1-3-14-19(26)23(2)15-11-21-17(12-8-9-20-16(25)10-12)22-18(15)24(14)13-6-4-5-7-13/h8-11,13-14H,3-7H2,1-2H3,(H,20,25)/t14-/m1/s1. The highest BCUT2D eigenvalue weighted by molar-refractivity contribution is 6.04. The fourth-order valence-corrected chi connectivity index (χ4v) is 4.11. The second-order valence-corrected chi connectivity index (χ2v) is 7.01. The smallest absolute Gasteiger partial charge is 0.249 e. The third kappa shape index (κ3) is 2.67. The van der Waals surface area contributed by atoms with Crippen LogP contribution in [-0.4, -0.2) is 40.0 Å². The number of rotatable bonds is 3. The van der Waals surface area contributed by atoms with Crippen molar-refractivity contribution in [1.82, 2.24) is 15.0 Å². The third-order valence-corrected chi connectivity index (χ3v) is 5.45. The van der Waals surface area contributed by atoms with E-state index in [1.165, 1.54) is 18.9 Å². The number of carbonyl (C=O) groups is 1. The molecule has 2 aliphatic rings. The molecule has 1 aliphatic carbocycles. The predicted molar refractivity (Wildman–Crippen MR) is 100 cm³/mol. The van der Waals surface area contributed by atoms with Crippen molar-refractivity contribution >= 4 is 17.4 Å². The highest BCUT2D eigenvalue weighted by Gasteiger charge is 2.41. The van der Waals surface area contributed by atoms with Crippen LogP contribution in [0.15, 0.2) is 29.3 Å². The van der Waals surface area contributed by atoms with Crippen LogP contribution < -0.4 is 15.4 Å². The van der Waals surface area contributed by atoms with Crippen LogP contribution in [-0.2, 0) is 4.79 Å². The summed E-state index contributed by atoms with van der Waals surface area (Å²) in [5, 5.41) is 0. The summed E-state index contributed by atoms with van der Waals surface area (Å²) in [7, 11) is 1.78. The second-order valence-electron chi connectivity index (χ2n) is 7.01. The van der Waals surface area contributed by atoms with Gasteiger partial charge in [-0.2, -0.15) is 0 Å². The number of fused-ring (bicyclic) bond motifs is 1. The maximum atomic E-state index is 12.9. The summed E-state index contributed by atoms with van der Waals surface area (Å²) in [6.45, 7) is 2.04. The van der Waals surface area contributed by atoms with Crippen molar-refractivity contribution in [3.8, 4) is 11.4 Å². The van der Waals surface area contributed by atoms with Crippen molar-refractivity contribution in [2.24, 2.45) is 0 Å². The Labute approximate surface area is 152 Å². The number of nitrogens with zero attached hydrogens (tertiary/aromatic N) is 4. The molecule has 0 saturated heterocycles. The van der Waals surface area contributed by atoms with Crippen LogP contribution in [0.3, 0.4) is 0 Å². The number of aromatic amines is 1. The lowest BCUT2D eigenvalue weighted by molar-refractivity contribution is -0.120. The maximum Gasteiger partial charge on any atom is 0.249 e. The first kappa shape index (κ1) is 16.8. The molecule has 136 valence electrons. The molecule has 4 rings (SSSR count). The van der Waals surface area contributed by atoms with Gasteiger partial charge in [0.2, 0.25) is 11.5 Å². The summed E-state index contributed by atoms with van der Waals surface area (Å²) < 4.78 is 0. The molecule has 7 heteroatoms. The fraction of sp³-hybridized carbons (Fsp3) is 0.474. The quantitative estimate of drug-likeness (QED) is 0.916. The van der Waals surface area contributed by atoms with E-state index in [4.69, 9.17) is 4.98 Å². The van der Waals surface area contributed by atoms with Crippen LogP contribution in [0.25, 0.3) is 11.4 Å². The molecule has 0 radical (unpaired) electrons. The molecule has 7 nitrogen and oxygen atoms in total. The Balaban J connectivity index is 1.85. The lowest BCUT2D eigenvalue weighted by Gasteiger charge is -2.43. The molecule has 3 heterocycles. The Morgan fingerprint density at radius 1 is 1.27 bits per heavy atom. The minimum atomic E-state index is -0.197. The average Bonchev–Trinajstić information content (AvgIpc) is 3.18. The van der Waals surface area contributed by atoms with Gasteiger partial charge in [0.05, 0.1) is 6.20 Å². The summed E-state index contributed by atoms with van der Waals surface area (Å²) in [6.07, 6.45) is 8.56. The zero-order chi connectivity index (χ0) is 18.3. The molecule has 1 amide bonds. The minimum absolute atomic E-state index is 0.0967. The van der Waals surface area contributed by atoms with Crippen LogP contribution in [0.2, 0.25) is 0 Å². The van der Waals surface area contributed by atoms with E-state index in [0.29, 0.717) is 17.4 Å². The molecule has 0 spiro atoms. The van der Waals surface area contributed by atoms with E-state index in [2.05, 4.69) is 14.9 Å². The first-order valence-corrected chi connectivity index (χ1v) is 9.22. The minimum Gasteiger partial charge on any atom is -0.340 e. The molecule has 0 bridgehead atoms. The van der Waals surface area contributed by atoms with Crippen molar-refractivity contribution in [2.45, 2.75) is 51.1 Å². The van der Waals surface area contributed by atoms with Gasteiger partial charge in [-0.1, -0.05) is 19.8 Å². The Morgan fingerprint density at radius 3 is 2.73 bits per heavy atom. The topological polar surface area (TPSA) is 82.2 Å². The van der Waals surface area contributed by atoms with Crippen LogP contribution >= 0.6 is 0 Å². The van der Waals surface area contributed by atoms with Gasteiger partial charge in [0.25, 0.3) is 0 Å². The van der Waals surface area contributed by atoms with Crippen LogP contribution in [0.5, 0.6) is 0 Å². The van der Waals surface area contributed by atoms with Crippen molar-refractivity contribution < 1.29 is 4.79 Å². The Hall–Kier alpha value is -2.70. The average molecular weight is 353 g/mol. The highest BCUT2D eigenvalue weighted by Crippen LogP contribution is 2.40. The maximum absolute atomic E-state index is 12.9. The monoisotopic (exact) mass is 353 g/mol. The zero-order valence-electron chi connectivity index (χ0n) is 15.1. The Kier molecular flexibility index (Phi) is 4.22. The number of likely N-dealkylation sites (N-methyl/N-ethyl adjacent to an activating group) is 1. The largest absolute Gasteiger partial charge is 0.340 e. The van der Waals surface area contributed by atoms with E-state index >= 15 is 0 Å². The third-order valence-electron chi connectivity index (χ3n) is 5.45. The number of hydrogen-bond donors (Lipinski definition) is 1. The summed E-state index contributed by atoms with van der Waals surface area (Å²) in [5.41, 5.74) is 1.23. The van der Waals surface area contributed by atoms with E-state index in [-0.39, 0.29) is 17.5 Å². The van der Waals surface area contributed by atoms with Crippen LogP contribution in [0.4, 0.5) is 11.5 Å². The number of pyridine rings is 1. The van der Waals surface area contributed by atoms with Gasteiger partial charge in [-0.3, -0.25) is 9.59 Å². The lowest BCUT2D eigenvalue weighted by Crippen LogP contribution is -2.55. The van der Waals surface area contributed by atoms with Crippen LogP contribution in [0, 0.1) is 0 Å². The van der Waals surface area contributed by atoms with E-state index in [0.717, 1.165) is 30.8 Å². The second kappa shape index (κ2) is 6.55. The normalized spacial score (nSPS) is 20.5. The Morgan fingerprint density at radius 2 is 2.04 bits per heavy atom. The number of hydrogen-bond acceptors (Lipinski definition) is 5. The first-order valence-electron chi connectivity index (χ1n) is 9.22. The van der Waals surface area contributed by atoms with E-state index in [9.17, 15) is 9.59 Å². The fourth-order valence-electron chi connectivity index (χ4n) is 4.11. The summed E-state index contributed by atoms with van der Waals surface area (Å²) in [6, 6.07) is 3.42. The number of nitrogens with one attached hydrogen (secondary N) is 1. The molecule has 0 aromatic carbocycles. The molecular formula is C19H23N5O2. The predicted octanol–water partition coefficient (Wildman–Crippen LogP) is 2.34. The van der Waals surface area contributed by atoms with Gasteiger partial charge in [0, 0.05) is 30.9 Å². The molecule has 1 N–H and O–H groups in total. The van der Waals surface area contributed by atoms with E-state index in [1.54, 1.807) is 30.4 Å². The van der Waals surface area contributed by atoms with E-state index < -0.39 is 0 Å². The summed E-state index contributed by atoms with van der Waals surface area (Å²) in [4.78, 5) is 40.2. The van der Waals surface area contributed by atoms with Gasteiger partial charge in [-0.15, -0.1) is 0 Å². The molecule has 2 aromatic rings. The van der Waals surface area contributed by atoms with Gasteiger partial charge in [-0.25, -0.2) is 9.97 Å². The SMILES string of the molecule is CC[C@@H]1C(=O)N(C)c2cnc(-c3cc[nH]c(=O)c3)nc2N1C1CCCC1. The molecule has 1 aliphatic heterocycles. The first-order chi connectivity index (χ1) is 12.6. The molecule has 26 heavy (non-hydrogen) atoms. The zero-order valence-corrected chi connectivity index (χ0v) is 15.1. The Bertz CT molecular complexity index is 887. The summed E-state index contributed by atoms with van der Waals surface area (Å²) in [5.74, 6) is 1.41.